The molecule has 31 heavy (non-hydrogen) atoms. The number of carbonyl (C=O) groups is 3. The van der Waals surface area contributed by atoms with Crippen LogP contribution in [0.3, 0.4) is 0 Å². The van der Waals surface area contributed by atoms with Gasteiger partial charge in [0.1, 0.15) is 5.60 Å². The van der Waals surface area contributed by atoms with E-state index in [0.717, 1.165) is 0 Å². The van der Waals surface area contributed by atoms with Crippen LogP contribution in [-0.4, -0.2) is 58.3 Å². The number of methoxy groups -OCH3 is 2. The smallest absolute Gasteiger partial charge is 0.408 e. The molecule has 0 aliphatic rings. The topological polar surface area (TPSA) is 100 Å². The number of ether oxygens (including phenoxy) is 3. The summed E-state index contributed by atoms with van der Waals surface area (Å²) in [7, 11) is 0.138. The van der Waals surface area contributed by atoms with Gasteiger partial charge < -0.3 is 24.0 Å². The zero-order valence-electron chi connectivity index (χ0n) is 21.2. The zero-order chi connectivity index (χ0) is 24.6. The molecule has 0 spiro atoms. The molecule has 0 radical (unpaired) electrons. The van der Waals surface area contributed by atoms with E-state index < -0.39 is 37.5 Å². The monoisotopic (exact) mass is 461 g/mol. The number of esters is 2. The number of amides is 1. The van der Waals surface area contributed by atoms with E-state index in [0.29, 0.717) is 0 Å². The highest BCUT2D eigenvalue weighted by atomic mass is 28.4. The van der Waals surface area contributed by atoms with Crippen LogP contribution in [0.15, 0.2) is 0 Å². The van der Waals surface area contributed by atoms with Crippen LogP contribution in [0.1, 0.15) is 75.2 Å². The van der Waals surface area contributed by atoms with Gasteiger partial charge in [-0.1, -0.05) is 41.5 Å². The molecule has 1 N–H and O–H groups in total. The van der Waals surface area contributed by atoms with Crippen LogP contribution >= 0.6 is 0 Å². The second-order valence-corrected chi connectivity index (χ2v) is 15.3. The van der Waals surface area contributed by atoms with Gasteiger partial charge >= 0.3 is 18.0 Å². The summed E-state index contributed by atoms with van der Waals surface area (Å²) >= 11 is 0. The van der Waals surface area contributed by atoms with Crippen molar-refractivity contribution in [2.45, 2.75) is 103 Å². The van der Waals surface area contributed by atoms with Crippen molar-refractivity contribution in [1.82, 2.24) is 5.32 Å². The lowest BCUT2D eigenvalue weighted by Crippen LogP contribution is -2.62. The summed E-state index contributed by atoms with van der Waals surface area (Å²) in [6.45, 7) is 17.8. The number of hydrogen-bond donors (Lipinski definition) is 1. The molecule has 0 aliphatic heterocycles. The lowest BCUT2D eigenvalue weighted by molar-refractivity contribution is -0.151. The Labute approximate surface area is 188 Å². The third-order valence-corrected chi connectivity index (χ3v) is 11.6. The van der Waals surface area contributed by atoms with Gasteiger partial charge in [-0.2, -0.15) is 0 Å². The highest BCUT2D eigenvalue weighted by molar-refractivity contribution is 6.77. The molecule has 0 aromatic heterocycles. The molecular weight excluding hydrogens is 418 g/mol. The Bertz CT molecular complexity index is 592. The van der Waals surface area contributed by atoms with E-state index in [4.69, 9.17) is 18.6 Å². The van der Waals surface area contributed by atoms with Gasteiger partial charge in [0.15, 0.2) is 13.9 Å². The quantitative estimate of drug-likeness (QED) is 0.273. The molecular formula is C22H43NO7Si. The first kappa shape index (κ1) is 29.4. The van der Waals surface area contributed by atoms with Crippen LogP contribution in [0.5, 0.6) is 0 Å². The van der Waals surface area contributed by atoms with Gasteiger partial charge in [0.05, 0.1) is 20.8 Å². The van der Waals surface area contributed by atoms with Gasteiger partial charge in [-0.15, -0.1) is 0 Å². The predicted molar refractivity (Wildman–Crippen MR) is 122 cm³/mol. The summed E-state index contributed by atoms with van der Waals surface area (Å²) in [5.74, 6) is -1.19. The molecule has 182 valence electrons. The predicted octanol–water partition coefficient (Wildman–Crippen LogP) is 4.57. The Morgan fingerprint density at radius 1 is 0.871 bits per heavy atom. The average Bonchev–Trinajstić information content (AvgIpc) is 2.62. The molecule has 0 unspecified atom stereocenters. The van der Waals surface area contributed by atoms with E-state index >= 15 is 0 Å². The average molecular weight is 462 g/mol. The van der Waals surface area contributed by atoms with Crippen LogP contribution in [0.25, 0.3) is 0 Å². The zero-order valence-corrected chi connectivity index (χ0v) is 22.2. The van der Waals surface area contributed by atoms with E-state index in [-0.39, 0.29) is 36.1 Å². The van der Waals surface area contributed by atoms with Gasteiger partial charge in [-0.3, -0.25) is 4.79 Å². The first-order valence-corrected chi connectivity index (χ1v) is 13.0. The summed E-state index contributed by atoms with van der Waals surface area (Å²) in [6.07, 6.45) is -0.911. The summed E-state index contributed by atoms with van der Waals surface area (Å²) in [4.78, 5) is 37.4. The number of rotatable bonds is 11. The lowest BCUT2D eigenvalue weighted by atomic mass is 9.94. The van der Waals surface area contributed by atoms with Crippen LogP contribution in [0.2, 0.25) is 16.6 Å². The standard InChI is InChI=1S/C22H43NO7Si/c1-15(2)31(16(3)4,17(5)6)29-14-22(19(25)28-11,13-12-18(24)27-10)23-20(26)30-21(7,8)9/h15-17H,12-14H2,1-11H3,(H,23,26)/t22-/m0/s1. The molecule has 0 rings (SSSR count). The van der Waals surface area contributed by atoms with E-state index in [1.165, 1.54) is 14.2 Å². The molecule has 0 aromatic rings. The molecule has 0 heterocycles. The third kappa shape index (κ3) is 8.10. The molecule has 1 atom stereocenters. The lowest BCUT2D eigenvalue weighted by Gasteiger charge is -2.44. The molecule has 0 bridgehead atoms. The van der Waals surface area contributed by atoms with E-state index in [9.17, 15) is 14.4 Å². The fourth-order valence-electron chi connectivity index (χ4n) is 4.24. The van der Waals surface area contributed by atoms with Crippen molar-refractivity contribution in [2.75, 3.05) is 20.8 Å². The molecule has 0 aromatic carbocycles. The Morgan fingerprint density at radius 2 is 1.35 bits per heavy atom. The fraction of sp³-hybridized carbons (Fsp3) is 0.864. The number of nitrogens with one attached hydrogen (secondary N) is 1. The molecule has 0 saturated carbocycles. The molecule has 0 aliphatic carbocycles. The van der Waals surface area contributed by atoms with Crippen molar-refractivity contribution < 1.29 is 33.0 Å². The van der Waals surface area contributed by atoms with E-state index in [1.807, 2.05) is 0 Å². The van der Waals surface area contributed by atoms with Crippen molar-refractivity contribution in [3.63, 3.8) is 0 Å². The Morgan fingerprint density at radius 3 is 1.71 bits per heavy atom. The van der Waals surface area contributed by atoms with Crippen molar-refractivity contribution in [3.8, 4) is 0 Å². The second kappa shape index (κ2) is 11.9. The number of hydrogen-bond acceptors (Lipinski definition) is 7. The second-order valence-electron chi connectivity index (χ2n) is 9.88. The van der Waals surface area contributed by atoms with Crippen LogP contribution in [-0.2, 0) is 28.2 Å². The summed E-state index contributed by atoms with van der Waals surface area (Å²) in [5, 5.41) is 2.66. The maximum absolute atomic E-state index is 13.0. The third-order valence-electron chi connectivity index (χ3n) is 5.58. The SMILES string of the molecule is COC(=O)CC[C@@](CO[Si](C(C)C)(C(C)C)C(C)C)(NC(=O)OC(C)(C)C)C(=O)OC. The summed E-state index contributed by atoms with van der Waals surface area (Å²) in [6, 6.07) is 0. The normalized spacial score (nSPS) is 14.4. The minimum atomic E-state index is -2.37. The van der Waals surface area contributed by atoms with Gasteiger partial charge in [-0.25, -0.2) is 9.59 Å². The van der Waals surface area contributed by atoms with Crippen molar-refractivity contribution >= 4 is 26.3 Å². The Kier molecular flexibility index (Phi) is 11.2. The van der Waals surface area contributed by atoms with Gasteiger partial charge in [0.2, 0.25) is 0 Å². The van der Waals surface area contributed by atoms with Gasteiger partial charge in [-0.05, 0) is 43.8 Å². The van der Waals surface area contributed by atoms with Crippen molar-refractivity contribution in [2.24, 2.45) is 0 Å². The molecule has 0 fully saturated rings. The summed E-state index contributed by atoms with van der Waals surface area (Å²) < 4.78 is 21.8. The minimum absolute atomic E-state index is 0.0373. The fourth-order valence-corrected chi connectivity index (χ4v) is 9.74. The number of alkyl carbamates (subject to hydrolysis) is 1. The first-order chi connectivity index (χ1) is 14.1. The van der Waals surface area contributed by atoms with Crippen molar-refractivity contribution in [1.29, 1.82) is 0 Å². The summed E-state index contributed by atoms with van der Waals surface area (Å²) in [5.41, 5.74) is -1.54. The largest absolute Gasteiger partial charge is 0.469 e. The highest BCUT2D eigenvalue weighted by Crippen LogP contribution is 2.43. The van der Waals surface area contributed by atoms with E-state index in [2.05, 4.69) is 46.9 Å². The van der Waals surface area contributed by atoms with Crippen LogP contribution in [0.4, 0.5) is 4.79 Å². The maximum Gasteiger partial charge on any atom is 0.408 e. The molecule has 1 amide bonds. The minimum Gasteiger partial charge on any atom is -0.469 e. The van der Waals surface area contributed by atoms with Crippen LogP contribution < -0.4 is 5.32 Å². The molecule has 8 nitrogen and oxygen atoms in total. The maximum atomic E-state index is 13.0. The molecule has 9 heteroatoms. The van der Waals surface area contributed by atoms with Gasteiger partial charge in [0, 0.05) is 6.42 Å². The molecule has 0 saturated heterocycles. The highest BCUT2D eigenvalue weighted by Gasteiger charge is 2.50. The Hall–Kier alpha value is -1.61. The van der Waals surface area contributed by atoms with Gasteiger partial charge in [0.25, 0.3) is 0 Å². The van der Waals surface area contributed by atoms with Crippen molar-refractivity contribution in [3.05, 3.63) is 0 Å². The van der Waals surface area contributed by atoms with Crippen LogP contribution in [0, 0.1) is 0 Å². The number of carbonyl (C=O) groups excluding carboxylic acids is 3. The first-order valence-electron chi connectivity index (χ1n) is 10.9. The van der Waals surface area contributed by atoms with E-state index in [1.54, 1.807) is 20.8 Å². The Balaban J connectivity index is 6.18.